The Hall–Kier alpha value is -1.51. The van der Waals surface area contributed by atoms with Crippen LogP contribution in [0.15, 0.2) is 5.51 Å². The van der Waals surface area contributed by atoms with E-state index in [1.54, 1.807) is 0 Å². The van der Waals surface area contributed by atoms with Crippen LogP contribution in [0.2, 0.25) is 0 Å². The van der Waals surface area contributed by atoms with Crippen molar-refractivity contribution in [3.63, 3.8) is 0 Å². The topological polar surface area (TPSA) is 56.5 Å². The van der Waals surface area contributed by atoms with Gasteiger partial charge in [-0.3, -0.25) is 0 Å². The van der Waals surface area contributed by atoms with Gasteiger partial charge in [0.25, 0.3) is 0 Å². The van der Waals surface area contributed by atoms with Crippen LogP contribution in [0.3, 0.4) is 0 Å². The van der Waals surface area contributed by atoms with Gasteiger partial charge in [0.05, 0.1) is 12.6 Å². The van der Waals surface area contributed by atoms with E-state index in [0.717, 1.165) is 21.6 Å². The summed E-state index contributed by atoms with van der Waals surface area (Å²) in [5, 5.41) is 10.7. The molecule has 2 aromatic heterocycles. The number of thiazole rings is 1. The molecule has 15 heavy (non-hydrogen) atoms. The first-order valence-electron chi connectivity index (χ1n) is 3.73. The Kier molecular flexibility index (Phi) is 2.18. The van der Waals surface area contributed by atoms with E-state index in [1.807, 2.05) is 0 Å². The minimum atomic E-state index is -4.49. The molecule has 5 nitrogen and oxygen atoms in total. The van der Waals surface area contributed by atoms with Gasteiger partial charge in [-0.15, -0.1) is 21.5 Å². The Morgan fingerprint density at radius 3 is 2.67 bits per heavy atom. The zero-order valence-corrected chi connectivity index (χ0v) is 8.17. The van der Waals surface area contributed by atoms with Crippen LogP contribution >= 0.6 is 11.3 Å². The third-order valence-corrected chi connectivity index (χ3v) is 2.37. The highest BCUT2D eigenvalue weighted by molar-refractivity contribution is 7.13. The van der Waals surface area contributed by atoms with Crippen molar-refractivity contribution >= 4 is 11.3 Å². The van der Waals surface area contributed by atoms with Crippen molar-refractivity contribution in [2.45, 2.75) is 6.18 Å². The highest BCUT2D eigenvalue weighted by atomic mass is 32.1. The van der Waals surface area contributed by atoms with Gasteiger partial charge < -0.3 is 0 Å². The van der Waals surface area contributed by atoms with E-state index < -0.39 is 11.9 Å². The molecule has 0 aliphatic carbocycles. The Labute approximate surface area is 85.6 Å². The summed E-state index contributed by atoms with van der Waals surface area (Å²) >= 11 is 0.833. The number of nitrogens with zero attached hydrogens (tertiary/aromatic N) is 5. The molecule has 0 spiro atoms. The fourth-order valence-corrected chi connectivity index (χ4v) is 1.71. The highest BCUT2D eigenvalue weighted by Crippen LogP contribution is 2.36. The fourth-order valence-electron chi connectivity index (χ4n) is 0.982. The molecule has 80 valence electrons. The van der Waals surface area contributed by atoms with Crippen molar-refractivity contribution in [2.75, 3.05) is 0 Å². The van der Waals surface area contributed by atoms with E-state index in [0.29, 0.717) is 0 Å². The number of hydrogen-bond acceptors (Lipinski definition) is 5. The van der Waals surface area contributed by atoms with Gasteiger partial charge in [0.2, 0.25) is 5.82 Å². The molecule has 0 fully saturated rings. The second kappa shape index (κ2) is 3.26. The normalized spacial score (nSPS) is 12.0. The van der Waals surface area contributed by atoms with Crippen LogP contribution in [0.5, 0.6) is 0 Å². The first kappa shape index (κ1) is 10.0. The molecule has 0 saturated heterocycles. The first-order chi connectivity index (χ1) is 6.98. The zero-order valence-electron chi connectivity index (χ0n) is 7.36. The van der Waals surface area contributed by atoms with Crippen molar-refractivity contribution in [3.8, 4) is 10.7 Å². The lowest BCUT2D eigenvalue weighted by Crippen LogP contribution is -2.07. The summed E-state index contributed by atoms with van der Waals surface area (Å²) in [6.45, 7) is 0. The molecule has 2 heterocycles. The minimum Gasteiger partial charge on any atom is -0.239 e. The molecular weight excluding hydrogens is 231 g/mol. The maximum Gasteiger partial charge on any atom is 0.434 e. The molecule has 0 unspecified atom stereocenters. The number of tetrazole rings is 1. The summed E-state index contributed by atoms with van der Waals surface area (Å²) in [6.07, 6.45) is -4.49. The quantitative estimate of drug-likeness (QED) is 0.748. The molecule has 0 aliphatic heterocycles. The Morgan fingerprint density at radius 2 is 2.13 bits per heavy atom. The first-order valence-corrected chi connectivity index (χ1v) is 4.61. The number of rotatable bonds is 1. The van der Waals surface area contributed by atoms with Gasteiger partial charge in [-0.05, 0) is 5.21 Å². The fraction of sp³-hybridized carbons (Fsp3) is 0.333. The van der Waals surface area contributed by atoms with Crippen LogP contribution in [0.1, 0.15) is 5.69 Å². The average Bonchev–Trinajstić information content (AvgIpc) is 2.68. The van der Waals surface area contributed by atoms with E-state index in [-0.39, 0.29) is 10.7 Å². The Morgan fingerprint density at radius 1 is 1.40 bits per heavy atom. The third kappa shape index (κ3) is 1.82. The minimum absolute atomic E-state index is 0.0627. The molecule has 0 amide bonds. The van der Waals surface area contributed by atoms with Crippen LogP contribution in [-0.2, 0) is 13.2 Å². The van der Waals surface area contributed by atoms with Gasteiger partial charge in [0.15, 0.2) is 5.69 Å². The van der Waals surface area contributed by atoms with Gasteiger partial charge >= 0.3 is 6.18 Å². The van der Waals surface area contributed by atoms with E-state index in [2.05, 4.69) is 20.4 Å². The molecular formula is C6H4F3N5S. The molecule has 0 aromatic carbocycles. The molecule has 2 aromatic rings. The van der Waals surface area contributed by atoms with Crippen LogP contribution in [0, 0.1) is 0 Å². The lowest BCUT2D eigenvalue weighted by atomic mass is 10.3. The van der Waals surface area contributed by atoms with E-state index >= 15 is 0 Å². The molecule has 2 rings (SSSR count). The highest BCUT2D eigenvalue weighted by Gasteiger charge is 2.37. The van der Waals surface area contributed by atoms with Crippen molar-refractivity contribution in [1.29, 1.82) is 0 Å². The Bertz CT molecular complexity index is 473. The van der Waals surface area contributed by atoms with Crippen LogP contribution in [0.4, 0.5) is 13.2 Å². The number of alkyl halides is 3. The predicted molar refractivity (Wildman–Crippen MR) is 44.9 cm³/mol. The molecule has 0 radical (unpaired) electrons. The van der Waals surface area contributed by atoms with Gasteiger partial charge in [-0.25, -0.2) is 4.98 Å². The maximum absolute atomic E-state index is 12.4. The van der Waals surface area contributed by atoms with Crippen molar-refractivity contribution in [3.05, 3.63) is 11.2 Å². The summed E-state index contributed by atoms with van der Waals surface area (Å²) < 4.78 is 37.3. The van der Waals surface area contributed by atoms with Crippen molar-refractivity contribution in [2.24, 2.45) is 7.05 Å². The summed E-state index contributed by atoms with van der Waals surface area (Å²) in [7, 11) is 1.48. The van der Waals surface area contributed by atoms with Crippen LogP contribution < -0.4 is 0 Å². The summed E-state index contributed by atoms with van der Waals surface area (Å²) in [5.74, 6) is -0.0627. The number of halogens is 3. The summed E-state index contributed by atoms with van der Waals surface area (Å²) in [6, 6.07) is 0. The van der Waals surface area contributed by atoms with Gasteiger partial charge in [0.1, 0.15) is 4.88 Å². The van der Waals surface area contributed by atoms with Gasteiger partial charge in [0, 0.05) is 0 Å². The van der Waals surface area contributed by atoms with E-state index in [4.69, 9.17) is 0 Å². The standard InChI is InChI=1S/C6H4F3N5S/c1-14-12-5(11-13-14)3-4(6(7,8)9)10-2-15-3/h2H,1H3. The Balaban J connectivity index is 2.50. The molecule has 9 heteroatoms. The monoisotopic (exact) mass is 235 g/mol. The van der Waals surface area contributed by atoms with Crippen molar-refractivity contribution in [1.82, 2.24) is 25.2 Å². The largest absolute Gasteiger partial charge is 0.434 e. The van der Waals surface area contributed by atoms with Gasteiger partial charge in [-0.1, -0.05) is 0 Å². The average molecular weight is 235 g/mol. The lowest BCUT2D eigenvalue weighted by Gasteiger charge is -2.02. The molecule has 0 bridgehead atoms. The SMILES string of the molecule is Cn1nnc(-c2scnc2C(F)(F)F)n1. The second-order valence-corrected chi connectivity index (χ2v) is 3.49. The van der Waals surface area contributed by atoms with Crippen LogP contribution in [-0.4, -0.2) is 25.2 Å². The van der Waals surface area contributed by atoms with E-state index in [1.165, 1.54) is 7.05 Å². The number of hydrogen-bond donors (Lipinski definition) is 0. The van der Waals surface area contributed by atoms with Crippen molar-refractivity contribution < 1.29 is 13.2 Å². The summed E-state index contributed by atoms with van der Waals surface area (Å²) in [4.78, 5) is 4.23. The summed E-state index contributed by atoms with van der Waals surface area (Å²) in [5.41, 5.74) is 0.134. The smallest absolute Gasteiger partial charge is 0.239 e. The zero-order chi connectivity index (χ0) is 11.1. The van der Waals surface area contributed by atoms with E-state index in [9.17, 15) is 13.2 Å². The maximum atomic E-state index is 12.4. The second-order valence-electron chi connectivity index (χ2n) is 2.63. The van der Waals surface area contributed by atoms with Gasteiger partial charge in [-0.2, -0.15) is 18.0 Å². The third-order valence-electron chi connectivity index (χ3n) is 1.55. The molecule has 0 saturated carbocycles. The molecule has 0 atom stereocenters. The van der Waals surface area contributed by atoms with Crippen LogP contribution in [0.25, 0.3) is 10.7 Å². The lowest BCUT2D eigenvalue weighted by molar-refractivity contribution is -0.140. The molecule has 0 N–H and O–H groups in total. The number of aryl methyl sites for hydroxylation is 1. The predicted octanol–water partition coefficient (Wildman–Crippen LogP) is 1.35. The molecule has 0 aliphatic rings. The number of aromatic nitrogens is 5.